The van der Waals surface area contributed by atoms with Gasteiger partial charge in [0.05, 0.1) is 11.9 Å². The smallest absolute Gasteiger partial charge is 0.188 e. The fourth-order valence-corrected chi connectivity index (χ4v) is 4.41. The molecule has 0 saturated carbocycles. The highest BCUT2D eigenvalue weighted by Crippen LogP contribution is 2.45. The molecule has 21 heavy (non-hydrogen) atoms. The van der Waals surface area contributed by atoms with E-state index in [1.165, 1.54) is 0 Å². The number of thioether (sulfide) groups is 1. The normalized spacial score (nSPS) is 44.0. The molecule has 120 valence electrons. The Morgan fingerprint density at radius 2 is 1.76 bits per heavy atom. The van der Waals surface area contributed by atoms with Gasteiger partial charge in [-0.1, -0.05) is 12.2 Å². The van der Waals surface area contributed by atoms with Crippen LogP contribution >= 0.6 is 24.0 Å². The summed E-state index contributed by atoms with van der Waals surface area (Å²) >= 11 is 6.86. The molecule has 3 saturated heterocycles. The molecule has 0 bridgehead atoms. The third kappa shape index (κ3) is 3.29. The molecular weight excluding hydrogens is 312 g/mol. The van der Waals surface area contributed by atoms with Gasteiger partial charge in [-0.3, -0.25) is 0 Å². The van der Waals surface area contributed by atoms with Crippen molar-refractivity contribution in [2.45, 2.75) is 76.0 Å². The van der Waals surface area contributed by atoms with E-state index in [0.717, 1.165) is 4.20 Å². The van der Waals surface area contributed by atoms with Gasteiger partial charge in [0.2, 0.25) is 0 Å². The Kier molecular flexibility index (Phi) is 4.14. The number of hydrogen-bond donors (Lipinski definition) is 0. The minimum Gasteiger partial charge on any atom is -0.348 e. The first-order valence-electron chi connectivity index (χ1n) is 7.17. The average Bonchev–Trinajstić information content (AvgIpc) is 2.90. The van der Waals surface area contributed by atoms with Gasteiger partial charge in [-0.25, -0.2) is 0 Å². The molecule has 3 fully saturated rings. The van der Waals surface area contributed by atoms with Crippen LogP contribution in [0.5, 0.6) is 0 Å². The highest BCUT2D eigenvalue weighted by atomic mass is 32.2. The second-order valence-electron chi connectivity index (χ2n) is 6.51. The minimum atomic E-state index is -0.624. The average molecular weight is 334 g/mol. The summed E-state index contributed by atoms with van der Waals surface area (Å²) in [6, 6.07) is 0. The second-order valence-corrected chi connectivity index (χ2v) is 8.77. The van der Waals surface area contributed by atoms with Crippen LogP contribution in [0, 0.1) is 0 Å². The first kappa shape index (κ1) is 16.1. The molecule has 0 aromatic carbocycles. The Morgan fingerprint density at radius 1 is 1.05 bits per heavy atom. The van der Waals surface area contributed by atoms with E-state index in [2.05, 4.69) is 0 Å². The van der Waals surface area contributed by atoms with Crippen molar-refractivity contribution in [2.24, 2.45) is 0 Å². The zero-order valence-electron chi connectivity index (χ0n) is 13.0. The van der Waals surface area contributed by atoms with Crippen LogP contribution in [0.25, 0.3) is 0 Å². The maximum absolute atomic E-state index is 6.08. The third-order valence-electron chi connectivity index (χ3n) is 3.73. The Morgan fingerprint density at radius 3 is 2.33 bits per heavy atom. The first-order valence-corrected chi connectivity index (χ1v) is 8.46. The van der Waals surface area contributed by atoms with E-state index in [1.807, 2.05) is 34.6 Å². The molecule has 5 atom stereocenters. The van der Waals surface area contributed by atoms with Crippen molar-refractivity contribution in [3.05, 3.63) is 0 Å². The molecule has 3 heterocycles. The lowest BCUT2D eigenvalue weighted by Gasteiger charge is -2.28. The van der Waals surface area contributed by atoms with E-state index in [1.54, 1.807) is 11.8 Å². The summed E-state index contributed by atoms with van der Waals surface area (Å²) in [5.41, 5.74) is 0. The van der Waals surface area contributed by atoms with Crippen molar-refractivity contribution in [2.75, 3.05) is 6.61 Å². The van der Waals surface area contributed by atoms with E-state index < -0.39 is 11.6 Å². The van der Waals surface area contributed by atoms with Gasteiger partial charge in [-0.15, -0.1) is 11.8 Å². The van der Waals surface area contributed by atoms with Crippen molar-refractivity contribution < 1.29 is 23.7 Å². The second kappa shape index (κ2) is 5.40. The molecule has 7 heteroatoms. The largest absolute Gasteiger partial charge is 0.348 e. The van der Waals surface area contributed by atoms with Crippen molar-refractivity contribution >= 4 is 28.2 Å². The topological polar surface area (TPSA) is 46.2 Å². The quantitative estimate of drug-likeness (QED) is 0.719. The molecule has 3 rings (SSSR count). The Hall–Kier alpha value is 0.240. The van der Waals surface area contributed by atoms with E-state index in [-0.39, 0.29) is 29.9 Å². The van der Waals surface area contributed by atoms with Gasteiger partial charge in [-0.2, -0.15) is 0 Å². The Balaban J connectivity index is 1.77. The first-order chi connectivity index (χ1) is 9.67. The SMILES string of the molecule is CC(=S)S[C@H]1[C@H]2OC(C)(C)O[C@H]2O[C@@H]1[C@H]1COC(C)(C)O1. The van der Waals surface area contributed by atoms with Crippen LogP contribution in [0.3, 0.4) is 0 Å². The van der Waals surface area contributed by atoms with Gasteiger partial charge in [0.1, 0.15) is 18.3 Å². The maximum Gasteiger partial charge on any atom is 0.188 e. The number of hydrogen-bond acceptors (Lipinski definition) is 7. The fraction of sp³-hybridized carbons (Fsp3) is 0.929. The van der Waals surface area contributed by atoms with Gasteiger partial charge in [0, 0.05) is 4.20 Å². The van der Waals surface area contributed by atoms with Crippen LogP contribution in [0.15, 0.2) is 0 Å². The Labute approximate surface area is 135 Å². The van der Waals surface area contributed by atoms with Gasteiger partial charge >= 0.3 is 0 Å². The number of thiocarbonyl (C=S) groups is 1. The molecule has 0 radical (unpaired) electrons. The summed E-state index contributed by atoms with van der Waals surface area (Å²) in [7, 11) is 0. The lowest BCUT2D eigenvalue weighted by molar-refractivity contribution is -0.219. The summed E-state index contributed by atoms with van der Waals surface area (Å²) in [4.78, 5) is 0. The summed E-state index contributed by atoms with van der Waals surface area (Å²) in [5.74, 6) is -1.20. The van der Waals surface area contributed by atoms with Gasteiger partial charge in [0.15, 0.2) is 17.9 Å². The molecule has 0 aromatic rings. The van der Waals surface area contributed by atoms with E-state index in [4.69, 9.17) is 35.9 Å². The zero-order valence-corrected chi connectivity index (χ0v) is 14.6. The molecule has 3 aliphatic heterocycles. The van der Waals surface area contributed by atoms with Crippen LogP contribution in [0.2, 0.25) is 0 Å². The van der Waals surface area contributed by atoms with Crippen molar-refractivity contribution in [3.8, 4) is 0 Å². The molecule has 0 aromatic heterocycles. The molecule has 0 N–H and O–H groups in total. The van der Waals surface area contributed by atoms with Crippen LogP contribution in [-0.2, 0) is 23.7 Å². The van der Waals surface area contributed by atoms with Crippen molar-refractivity contribution in [1.82, 2.24) is 0 Å². The Bertz CT molecular complexity index is 439. The summed E-state index contributed by atoms with van der Waals surface area (Å²) < 4.78 is 30.4. The highest BCUT2D eigenvalue weighted by molar-refractivity contribution is 8.23. The summed E-state index contributed by atoms with van der Waals surface area (Å²) in [6.45, 7) is 10.0. The molecule has 0 aliphatic carbocycles. The third-order valence-corrected chi connectivity index (χ3v) is 5.16. The predicted molar refractivity (Wildman–Crippen MR) is 83.3 cm³/mol. The lowest BCUT2D eigenvalue weighted by atomic mass is 10.1. The van der Waals surface area contributed by atoms with Gasteiger partial charge < -0.3 is 23.7 Å². The summed E-state index contributed by atoms with van der Waals surface area (Å²) in [6.07, 6.45) is -0.794. The van der Waals surface area contributed by atoms with E-state index >= 15 is 0 Å². The molecule has 0 unspecified atom stereocenters. The van der Waals surface area contributed by atoms with Gasteiger partial charge in [0.25, 0.3) is 0 Å². The number of rotatable bonds is 2. The molecule has 0 spiro atoms. The highest BCUT2D eigenvalue weighted by Gasteiger charge is 2.58. The van der Waals surface area contributed by atoms with E-state index in [0.29, 0.717) is 6.61 Å². The lowest BCUT2D eigenvalue weighted by Crippen LogP contribution is -2.41. The number of ether oxygens (including phenoxy) is 5. The van der Waals surface area contributed by atoms with Crippen molar-refractivity contribution in [1.29, 1.82) is 0 Å². The van der Waals surface area contributed by atoms with Crippen LogP contribution in [0.1, 0.15) is 34.6 Å². The monoisotopic (exact) mass is 334 g/mol. The van der Waals surface area contributed by atoms with Gasteiger partial charge in [-0.05, 0) is 34.6 Å². The maximum atomic E-state index is 6.08. The molecular formula is C14H22O5S2. The van der Waals surface area contributed by atoms with Crippen LogP contribution in [-0.4, -0.2) is 52.2 Å². The molecule has 5 nitrogen and oxygen atoms in total. The molecule has 0 amide bonds. The van der Waals surface area contributed by atoms with Crippen molar-refractivity contribution in [3.63, 3.8) is 0 Å². The van der Waals surface area contributed by atoms with Crippen LogP contribution in [0.4, 0.5) is 0 Å². The molecule has 3 aliphatic rings. The minimum absolute atomic E-state index is 0.0526. The predicted octanol–water partition coefficient (Wildman–Crippen LogP) is 2.46. The fourth-order valence-electron chi connectivity index (χ4n) is 3.01. The standard InChI is InChI=1S/C14H22O5S2/c1-7(20)21-11-9(8-6-15-13(2,3)17-8)16-12-10(11)18-14(4,5)19-12/h8-12H,6H2,1-5H3/t8-,9-,10-,11-,12-/m1/s1. The van der Waals surface area contributed by atoms with Crippen LogP contribution < -0.4 is 0 Å². The van der Waals surface area contributed by atoms with E-state index in [9.17, 15) is 0 Å². The zero-order chi connectivity index (χ0) is 15.4. The summed E-state index contributed by atoms with van der Waals surface area (Å²) in [5, 5.41) is 0.0526. The number of fused-ring (bicyclic) bond motifs is 1.